The van der Waals surface area contributed by atoms with Crippen LogP contribution in [-0.4, -0.2) is 38.8 Å². The van der Waals surface area contributed by atoms with Gasteiger partial charge in [0, 0.05) is 25.8 Å². The van der Waals surface area contributed by atoms with E-state index in [-0.39, 0.29) is 17.4 Å². The third-order valence-corrected chi connectivity index (χ3v) is 6.44. The van der Waals surface area contributed by atoms with E-state index in [0.717, 1.165) is 35.7 Å². The van der Waals surface area contributed by atoms with Gasteiger partial charge < -0.3 is 10.2 Å². The Labute approximate surface area is 173 Å². The first-order valence-electron chi connectivity index (χ1n) is 9.68. The van der Waals surface area contributed by atoms with Crippen LogP contribution in [0.5, 0.6) is 0 Å². The van der Waals surface area contributed by atoms with Crippen molar-refractivity contribution in [3.8, 4) is 0 Å². The molecule has 0 spiro atoms. The number of halogens is 1. The van der Waals surface area contributed by atoms with Crippen molar-refractivity contribution >= 4 is 33.4 Å². The molecule has 3 aromatic rings. The first-order chi connectivity index (χ1) is 13.8. The summed E-state index contributed by atoms with van der Waals surface area (Å²) in [4.78, 5) is 28.0. The van der Waals surface area contributed by atoms with E-state index in [9.17, 15) is 9.18 Å². The van der Waals surface area contributed by atoms with E-state index in [2.05, 4.69) is 34.1 Å². The summed E-state index contributed by atoms with van der Waals surface area (Å²) < 4.78 is 14.1. The highest BCUT2D eigenvalue weighted by Gasteiger charge is 2.35. The van der Waals surface area contributed by atoms with Crippen molar-refractivity contribution in [3.05, 3.63) is 47.0 Å². The third-order valence-electron chi connectivity index (χ3n) is 5.53. The lowest BCUT2D eigenvalue weighted by Crippen LogP contribution is -2.36. The van der Waals surface area contributed by atoms with Gasteiger partial charge in [0.1, 0.15) is 5.82 Å². The molecular weight excluding hydrogens is 389 g/mol. The number of nitrogens with one attached hydrogen (secondary N) is 1. The molecule has 0 aromatic carbocycles. The molecular formula is C21H24FN5OS. The summed E-state index contributed by atoms with van der Waals surface area (Å²) in [5.74, 6) is -0.128. The Balaban J connectivity index is 1.58. The van der Waals surface area contributed by atoms with Crippen LogP contribution in [0.3, 0.4) is 0 Å². The molecule has 0 aliphatic heterocycles. The highest BCUT2D eigenvalue weighted by atomic mass is 32.1. The minimum Gasteiger partial charge on any atom is -0.350 e. The van der Waals surface area contributed by atoms with Gasteiger partial charge in [0.15, 0.2) is 5.69 Å². The van der Waals surface area contributed by atoms with Gasteiger partial charge in [0.2, 0.25) is 5.95 Å². The number of hydrogen-bond acceptors (Lipinski definition) is 6. The van der Waals surface area contributed by atoms with Gasteiger partial charge in [-0.3, -0.25) is 9.78 Å². The highest BCUT2D eigenvalue weighted by Crippen LogP contribution is 2.39. The maximum Gasteiger partial charge on any atom is 0.274 e. The van der Waals surface area contributed by atoms with Gasteiger partial charge in [-0.15, -0.1) is 11.3 Å². The van der Waals surface area contributed by atoms with Crippen LogP contribution in [0, 0.1) is 11.2 Å². The van der Waals surface area contributed by atoms with Crippen molar-refractivity contribution in [2.45, 2.75) is 45.7 Å². The second kappa shape index (κ2) is 7.67. The number of thiophene rings is 1. The smallest absolute Gasteiger partial charge is 0.274 e. The van der Waals surface area contributed by atoms with E-state index in [0.29, 0.717) is 23.8 Å². The maximum absolute atomic E-state index is 13.4. The average molecular weight is 414 g/mol. The van der Waals surface area contributed by atoms with Crippen LogP contribution in [0.1, 0.15) is 49.2 Å². The first-order valence-corrected chi connectivity index (χ1v) is 10.6. The van der Waals surface area contributed by atoms with Gasteiger partial charge in [0.25, 0.3) is 5.91 Å². The van der Waals surface area contributed by atoms with Gasteiger partial charge in [-0.05, 0) is 47.8 Å². The summed E-state index contributed by atoms with van der Waals surface area (Å²) in [6.45, 7) is 4.81. The molecule has 0 saturated heterocycles. The summed E-state index contributed by atoms with van der Waals surface area (Å²) >= 11 is 1.47. The van der Waals surface area contributed by atoms with Gasteiger partial charge in [-0.1, -0.05) is 13.8 Å². The van der Waals surface area contributed by atoms with Crippen molar-refractivity contribution in [2.75, 3.05) is 12.4 Å². The number of amides is 1. The molecule has 1 amide bonds. The monoisotopic (exact) mass is 413 g/mol. The molecule has 1 N–H and O–H groups in total. The Morgan fingerprint density at radius 3 is 2.93 bits per heavy atom. The SMILES string of the molecule is CN(C(=O)c1nc(NCc2cncc(F)c2)nc2ccsc12)C1CCC(C)(C)C1. The number of nitrogens with zero attached hydrogens (tertiary/aromatic N) is 4. The predicted octanol–water partition coefficient (Wildman–Crippen LogP) is 4.49. The molecule has 1 atom stereocenters. The molecule has 1 aliphatic rings. The molecule has 1 aliphatic carbocycles. The lowest BCUT2D eigenvalue weighted by atomic mass is 9.91. The van der Waals surface area contributed by atoms with E-state index < -0.39 is 5.82 Å². The van der Waals surface area contributed by atoms with E-state index in [4.69, 9.17) is 0 Å². The molecule has 3 aromatic heterocycles. The van der Waals surface area contributed by atoms with Gasteiger partial charge in [-0.2, -0.15) is 0 Å². The fourth-order valence-electron chi connectivity index (χ4n) is 3.88. The van der Waals surface area contributed by atoms with Gasteiger partial charge in [-0.25, -0.2) is 14.4 Å². The maximum atomic E-state index is 13.4. The second-order valence-corrected chi connectivity index (χ2v) is 9.29. The summed E-state index contributed by atoms with van der Waals surface area (Å²) in [6.07, 6.45) is 5.86. The Morgan fingerprint density at radius 1 is 1.38 bits per heavy atom. The molecule has 8 heteroatoms. The zero-order chi connectivity index (χ0) is 20.6. The van der Waals surface area contributed by atoms with E-state index in [1.807, 2.05) is 23.4 Å². The number of aromatic nitrogens is 3. The third kappa shape index (κ3) is 4.22. The van der Waals surface area contributed by atoms with Crippen LogP contribution in [0.25, 0.3) is 10.2 Å². The van der Waals surface area contributed by atoms with Crippen LogP contribution in [-0.2, 0) is 6.54 Å². The highest BCUT2D eigenvalue weighted by molar-refractivity contribution is 7.17. The zero-order valence-corrected chi connectivity index (χ0v) is 17.6. The molecule has 1 fully saturated rings. The van der Waals surface area contributed by atoms with Crippen LogP contribution >= 0.6 is 11.3 Å². The van der Waals surface area contributed by atoms with Crippen molar-refractivity contribution in [1.82, 2.24) is 19.9 Å². The Morgan fingerprint density at radius 2 is 2.21 bits per heavy atom. The summed E-state index contributed by atoms with van der Waals surface area (Å²) in [5.41, 5.74) is 2.08. The quantitative estimate of drug-likeness (QED) is 0.667. The number of carbonyl (C=O) groups excluding carboxylic acids is 1. The first kappa shape index (κ1) is 19.7. The molecule has 4 rings (SSSR count). The molecule has 0 radical (unpaired) electrons. The van der Waals surface area contributed by atoms with E-state index in [1.54, 1.807) is 6.20 Å². The Hall–Kier alpha value is -2.61. The fraction of sp³-hybridized carbons (Fsp3) is 0.429. The summed E-state index contributed by atoms with van der Waals surface area (Å²) in [7, 11) is 1.86. The largest absolute Gasteiger partial charge is 0.350 e. The normalized spacial score (nSPS) is 18.1. The second-order valence-electron chi connectivity index (χ2n) is 8.37. The van der Waals surface area contributed by atoms with Gasteiger partial charge >= 0.3 is 0 Å². The van der Waals surface area contributed by atoms with Crippen molar-refractivity contribution in [3.63, 3.8) is 0 Å². The molecule has 3 heterocycles. The van der Waals surface area contributed by atoms with Crippen LogP contribution in [0.15, 0.2) is 29.9 Å². The molecule has 1 unspecified atom stereocenters. The number of pyridine rings is 1. The molecule has 0 bridgehead atoms. The van der Waals surface area contributed by atoms with Crippen molar-refractivity contribution in [1.29, 1.82) is 0 Å². The number of fused-ring (bicyclic) bond motifs is 1. The van der Waals surface area contributed by atoms with E-state index in [1.165, 1.54) is 17.4 Å². The van der Waals surface area contributed by atoms with Gasteiger partial charge in [0.05, 0.1) is 16.4 Å². The average Bonchev–Trinajstić information content (AvgIpc) is 3.30. The summed E-state index contributed by atoms with van der Waals surface area (Å²) in [6, 6.07) is 3.51. The Bertz CT molecular complexity index is 1050. The number of hydrogen-bond donors (Lipinski definition) is 1. The standard InChI is InChI=1S/C21H24FN5OS/c1-21(2)6-4-15(9-21)27(3)19(28)17-18-16(5-7-29-18)25-20(26-17)24-11-13-8-14(22)12-23-10-13/h5,7-8,10,12,15H,4,6,9,11H2,1-3H3,(H,24,25,26). The number of carbonyl (C=O) groups is 1. The molecule has 152 valence electrons. The van der Waals surface area contributed by atoms with Crippen LogP contribution < -0.4 is 5.32 Å². The zero-order valence-electron chi connectivity index (χ0n) is 16.8. The molecule has 6 nitrogen and oxygen atoms in total. The van der Waals surface area contributed by atoms with Crippen molar-refractivity contribution < 1.29 is 9.18 Å². The molecule has 1 saturated carbocycles. The number of anilines is 1. The minimum atomic E-state index is -0.393. The predicted molar refractivity (Wildman–Crippen MR) is 112 cm³/mol. The fourth-order valence-corrected chi connectivity index (χ4v) is 4.70. The summed E-state index contributed by atoms with van der Waals surface area (Å²) in [5, 5.41) is 5.00. The van der Waals surface area contributed by atoms with Crippen molar-refractivity contribution in [2.24, 2.45) is 5.41 Å². The van der Waals surface area contributed by atoms with Crippen LogP contribution in [0.2, 0.25) is 0 Å². The Kier molecular flexibility index (Phi) is 5.21. The lowest BCUT2D eigenvalue weighted by molar-refractivity contribution is 0.0724. The van der Waals surface area contributed by atoms with Crippen LogP contribution in [0.4, 0.5) is 10.3 Å². The number of rotatable bonds is 5. The lowest BCUT2D eigenvalue weighted by Gasteiger charge is -2.26. The minimum absolute atomic E-state index is 0.0852. The van der Waals surface area contributed by atoms with E-state index >= 15 is 0 Å². The topological polar surface area (TPSA) is 71.0 Å². The molecule has 29 heavy (non-hydrogen) atoms.